The molecular weight excluding hydrogens is 279 g/mol. The highest BCUT2D eigenvalue weighted by atomic mass is 19.4. The number of carbonyl (C=O) groups is 1. The lowest BCUT2D eigenvalue weighted by Gasteiger charge is -2.18. The van der Waals surface area contributed by atoms with Gasteiger partial charge in [-0.25, -0.2) is 0 Å². The van der Waals surface area contributed by atoms with E-state index in [4.69, 9.17) is 5.73 Å². The van der Waals surface area contributed by atoms with Crippen molar-refractivity contribution in [1.29, 1.82) is 0 Å². The molecule has 0 saturated carbocycles. The number of rotatable bonds is 4. The fourth-order valence-corrected chi connectivity index (χ4v) is 1.44. The molecule has 0 heterocycles. The van der Waals surface area contributed by atoms with Gasteiger partial charge in [0.15, 0.2) is 0 Å². The summed E-state index contributed by atoms with van der Waals surface area (Å²) in [5.41, 5.74) is 4.94. The minimum absolute atomic E-state index is 0.0283. The number of hydrogen-bond acceptors (Lipinski definition) is 4. The number of nitrogens with two attached hydrogens (primary N) is 1. The van der Waals surface area contributed by atoms with Crippen molar-refractivity contribution in [1.82, 2.24) is 4.90 Å². The van der Waals surface area contributed by atoms with Gasteiger partial charge in [0.25, 0.3) is 11.6 Å². The first-order valence-corrected chi connectivity index (χ1v) is 5.48. The third-order valence-electron chi connectivity index (χ3n) is 2.56. The number of nitrogens with zero attached hydrogens (tertiary/aromatic N) is 2. The van der Waals surface area contributed by atoms with Crippen molar-refractivity contribution in [2.24, 2.45) is 0 Å². The summed E-state index contributed by atoms with van der Waals surface area (Å²) in [6.45, 7) is -0.551. The lowest BCUT2D eigenvalue weighted by Crippen LogP contribution is -2.31. The number of alkyl halides is 3. The van der Waals surface area contributed by atoms with Crippen LogP contribution in [0.5, 0.6) is 0 Å². The van der Waals surface area contributed by atoms with Crippen LogP contribution < -0.4 is 5.73 Å². The largest absolute Gasteiger partial charge is 0.398 e. The van der Waals surface area contributed by atoms with Gasteiger partial charge in [0, 0.05) is 31.4 Å². The van der Waals surface area contributed by atoms with Crippen molar-refractivity contribution >= 4 is 17.3 Å². The Morgan fingerprint density at radius 2 is 2.05 bits per heavy atom. The van der Waals surface area contributed by atoms with Crippen LogP contribution in [0.3, 0.4) is 0 Å². The van der Waals surface area contributed by atoms with Gasteiger partial charge in [-0.3, -0.25) is 14.9 Å². The summed E-state index contributed by atoms with van der Waals surface area (Å²) in [5, 5.41) is 10.6. The Morgan fingerprint density at radius 1 is 1.45 bits per heavy atom. The molecule has 1 aromatic carbocycles. The summed E-state index contributed by atoms with van der Waals surface area (Å²) in [4.78, 5) is 22.6. The molecule has 0 aliphatic carbocycles. The molecule has 0 radical (unpaired) electrons. The number of halogens is 3. The normalized spacial score (nSPS) is 11.2. The van der Waals surface area contributed by atoms with Crippen LogP contribution in [0.15, 0.2) is 18.2 Å². The van der Waals surface area contributed by atoms with E-state index in [1.165, 1.54) is 13.1 Å². The molecule has 110 valence electrons. The molecule has 9 heteroatoms. The molecule has 1 amide bonds. The summed E-state index contributed by atoms with van der Waals surface area (Å²) in [7, 11) is 1.17. The number of nitrogen functional groups attached to an aromatic ring is 1. The van der Waals surface area contributed by atoms with E-state index in [9.17, 15) is 28.1 Å². The van der Waals surface area contributed by atoms with Gasteiger partial charge in [-0.1, -0.05) is 0 Å². The molecule has 0 atom stereocenters. The van der Waals surface area contributed by atoms with Gasteiger partial charge >= 0.3 is 6.18 Å². The minimum Gasteiger partial charge on any atom is -0.398 e. The lowest BCUT2D eigenvalue weighted by molar-refractivity contribution is -0.384. The van der Waals surface area contributed by atoms with E-state index in [2.05, 4.69) is 0 Å². The predicted octanol–water partition coefficient (Wildman–Crippen LogP) is 2.20. The molecule has 1 aromatic rings. The monoisotopic (exact) mass is 291 g/mol. The lowest BCUT2D eigenvalue weighted by atomic mass is 10.1. The molecule has 0 aliphatic rings. The van der Waals surface area contributed by atoms with Crippen molar-refractivity contribution in [3.05, 3.63) is 33.9 Å². The molecule has 2 N–H and O–H groups in total. The third kappa shape index (κ3) is 4.11. The van der Waals surface area contributed by atoms with Gasteiger partial charge in [-0.15, -0.1) is 0 Å². The van der Waals surface area contributed by atoms with Crippen molar-refractivity contribution in [3.8, 4) is 0 Å². The number of anilines is 1. The fourth-order valence-electron chi connectivity index (χ4n) is 1.44. The quantitative estimate of drug-likeness (QED) is 0.523. The van der Waals surface area contributed by atoms with Crippen LogP contribution in [-0.2, 0) is 0 Å². The second kappa shape index (κ2) is 5.76. The second-order valence-electron chi connectivity index (χ2n) is 4.12. The number of hydrogen-bond donors (Lipinski definition) is 1. The Kier molecular flexibility index (Phi) is 4.53. The Bertz CT molecular complexity index is 531. The van der Waals surface area contributed by atoms with Gasteiger partial charge in [0.1, 0.15) is 0 Å². The van der Waals surface area contributed by atoms with Crippen LogP contribution in [0.1, 0.15) is 16.8 Å². The molecule has 0 aromatic heterocycles. The van der Waals surface area contributed by atoms with Gasteiger partial charge in [0.2, 0.25) is 0 Å². The molecular formula is C11H12F3N3O3. The molecule has 0 spiro atoms. The Morgan fingerprint density at radius 3 is 2.55 bits per heavy atom. The zero-order chi connectivity index (χ0) is 15.5. The van der Waals surface area contributed by atoms with E-state index in [0.717, 1.165) is 17.0 Å². The number of benzene rings is 1. The number of amides is 1. The number of nitro groups is 1. The van der Waals surface area contributed by atoms with Crippen LogP contribution in [-0.4, -0.2) is 35.5 Å². The average Bonchev–Trinajstić information content (AvgIpc) is 2.34. The van der Waals surface area contributed by atoms with E-state index in [1.54, 1.807) is 0 Å². The summed E-state index contributed by atoms with van der Waals surface area (Å²) < 4.78 is 36.2. The van der Waals surface area contributed by atoms with E-state index < -0.39 is 30.0 Å². The number of carbonyl (C=O) groups excluding carboxylic acids is 1. The van der Waals surface area contributed by atoms with E-state index in [-0.39, 0.29) is 16.9 Å². The first-order valence-electron chi connectivity index (χ1n) is 5.48. The molecule has 0 saturated heterocycles. The van der Waals surface area contributed by atoms with Gasteiger partial charge in [-0.2, -0.15) is 13.2 Å². The molecule has 0 aliphatic heterocycles. The number of non-ortho nitro benzene ring substituents is 1. The van der Waals surface area contributed by atoms with Crippen molar-refractivity contribution in [3.63, 3.8) is 0 Å². The highest BCUT2D eigenvalue weighted by Crippen LogP contribution is 2.23. The smallest absolute Gasteiger partial charge is 0.390 e. The maximum absolute atomic E-state index is 12.1. The second-order valence-corrected chi connectivity index (χ2v) is 4.12. The summed E-state index contributed by atoms with van der Waals surface area (Å²) in [6.07, 6.45) is -5.55. The maximum atomic E-state index is 12.1. The average molecular weight is 291 g/mol. The summed E-state index contributed by atoms with van der Waals surface area (Å²) in [6, 6.07) is 3.23. The van der Waals surface area contributed by atoms with Crippen LogP contribution in [0.2, 0.25) is 0 Å². The van der Waals surface area contributed by atoms with Crippen LogP contribution in [0, 0.1) is 10.1 Å². The predicted molar refractivity (Wildman–Crippen MR) is 65.1 cm³/mol. The van der Waals surface area contributed by atoms with E-state index >= 15 is 0 Å². The van der Waals surface area contributed by atoms with Crippen LogP contribution in [0.4, 0.5) is 24.5 Å². The first-order chi connectivity index (χ1) is 9.11. The Hall–Kier alpha value is -2.32. The maximum Gasteiger partial charge on any atom is 0.390 e. The number of nitro benzene ring substituents is 1. The summed E-state index contributed by atoms with van der Waals surface area (Å²) >= 11 is 0. The highest BCUT2D eigenvalue weighted by molar-refractivity contribution is 5.99. The Balaban J connectivity index is 2.91. The molecule has 0 fully saturated rings. The zero-order valence-electron chi connectivity index (χ0n) is 10.5. The highest BCUT2D eigenvalue weighted by Gasteiger charge is 2.28. The Labute approximate surface area is 112 Å². The van der Waals surface area contributed by atoms with E-state index in [0.29, 0.717) is 0 Å². The third-order valence-corrected chi connectivity index (χ3v) is 2.56. The fraction of sp³-hybridized carbons (Fsp3) is 0.364. The topological polar surface area (TPSA) is 89.5 Å². The van der Waals surface area contributed by atoms with Crippen LogP contribution in [0.25, 0.3) is 0 Å². The standard InChI is InChI=1S/C11H12F3N3O3/c1-16(5-4-11(12,13)14)10(18)8-6-7(17(19)20)2-3-9(8)15/h2-3,6H,4-5,15H2,1H3. The zero-order valence-corrected chi connectivity index (χ0v) is 10.5. The SMILES string of the molecule is CN(CCC(F)(F)F)C(=O)c1cc([N+](=O)[O-])ccc1N. The van der Waals surface area contributed by atoms with Crippen molar-refractivity contribution in [2.45, 2.75) is 12.6 Å². The van der Waals surface area contributed by atoms with E-state index in [1.807, 2.05) is 0 Å². The molecule has 1 rings (SSSR count). The van der Waals surface area contributed by atoms with Crippen molar-refractivity contribution < 1.29 is 22.9 Å². The molecule has 0 unspecified atom stereocenters. The molecule has 0 bridgehead atoms. The van der Waals surface area contributed by atoms with Crippen LogP contribution >= 0.6 is 0 Å². The minimum atomic E-state index is -4.39. The van der Waals surface area contributed by atoms with Gasteiger partial charge < -0.3 is 10.6 Å². The molecule has 6 nitrogen and oxygen atoms in total. The van der Waals surface area contributed by atoms with Gasteiger partial charge in [-0.05, 0) is 6.07 Å². The molecule has 20 heavy (non-hydrogen) atoms. The van der Waals surface area contributed by atoms with Gasteiger partial charge in [0.05, 0.1) is 16.9 Å². The summed E-state index contributed by atoms with van der Waals surface area (Å²) in [5.74, 6) is -0.796. The van der Waals surface area contributed by atoms with Crippen molar-refractivity contribution in [2.75, 3.05) is 19.3 Å². The first kappa shape index (κ1) is 15.7.